The standard InChI is InChI=1S/C15H12ClO/c16-14-9-2-1-7-12(14)13-8-3-5-11-6-4-10-17-15(11)13/h1-3,5,7-10H,4,6H2. The summed E-state index contributed by atoms with van der Waals surface area (Å²) < 4.78 is 5.68. The molecule has 2 heteroatoms. The average molecular weight is 244 g/mol. The van der Waals surface area contributed by atoms with Crippen LogP contribution in [0.2, 0.25) is 5.02 Å². The normalized spacial score (nSPS) is 13.9. The summed E-state index contributed by atoms with van der Waals surface area (Å²) in [6.07, 6.45) is 2.01. The lowest BCUT2D eigenvalue weighted by Gasteiger charge is -2.20. The predicted octanol–water partition coefficient (Wildman–Crippen LogP) is 4.49. The highest BCUT2D eigenvalue weighted by atomic mass is 35.5. The van der Waals surface area contributed by atoms with Crippen molar-refractivity contribution in [2.75, 3.05) is 0 Å². The van der Waals surface area contributed by atoms with Crippen LogP contribution >= 0.6 is 11.6 Å². The largest absolute Gasteiger partial charge is 0.486 e. The smallest absolute Gasteiger partial charge is 0.136 e. The molecule has 0 atom stereocenters. The van der Waals surface area contributed by atoms with Crippen LogP contribution in [0.25, 0.3) is 11.1 Å². The van der Waals surface area contributed by atoms with Gasteiger partial charge in [0.05, 0.1) is 0 Å². The van der Waals surface area contributed by atoms with E-state index in [1.54, 1.807) is 0 Å². The summed E-state index contributed by atoms with van der Waals surface area (Å²) in [6.45, 7) is 1.86. The highest BCUT2D eigenvalue weighted by Crippen LogP contribution is 2.39. The van der Waals surface area contributed by atoms with Crippen LogP contribution in [0.5, 0.6) is 5.75 Å². The highest BCUT2D eigenvalue weighted by molar-refractivity contribution is 6.33. The predicted molar refractivity (Wildman–Crippen MR) is 70.1 cm³/mol. The van der Waals surface area contributed by atoms with Gasteiger partial charge in [0.2, 0.25) is 0 Å². The molecule has 1 radical (unpaired) electrons. The SMILES string of the molecule is Clc1ccccc1-c1cccc2c1O[CH]CC2. The van der Waals surface area contributed by atoms with Crippen LogP contribution in [0.3, 0.4) is 0 Å². The minimum absolute atomic E-state index is 0.759. The Labute approximate surface area is 106 Å². The van der Waals surface area contributed by atoms with Crippen LogP contribution in [0, 0.1) is 6.61 Å². The molecule has 3 rings (SSSR count). The molecule has 0 N–H and O–H groups in total. The first-order valence-electron chi connectivity index (χ1n) is 5.71. The summed E-state index contributed by atoms with van der Waals surface area (Å²) in [5.74, 6) is 0.951. The Bertz CT molecular complexity index is 548. The van der Waals surface area contributed by atoms with E-state index in [2.05, 4.69) is 18.2 Å². The van der Waals surface area contributed by atoms with Gasteiger partial charge in [-0.2, -0.15) is 0 Å². The first kappa shape index (κ1) is 10.7. The van der Waals surface area contributed by atoms with E-state index >= 15 is 0 Å². The molecular formula is C15H12ClO. The molecule has 0 aromatic heterocycles. The number of fused-ring (bicyclic) bond motifs is 1. The monoisotopic (exact) mass is 243 g/mol. The number of rotatable bonds is 1. The quantitative estimate of drug-likeness (QED) is 0.717. The van der Waals surface area contributed by atoms with E-state index in [1.165, 1.54) is 5.56 Å². The molecule has 0 fully saturated rings. The van der Waals surface area contributed by atoms with Crippen LogP contribution in [0.15, 0.2) is 42.5 Å². The number of aryl methyl sites for hydroxylation is 1. The zero-order chi connectivity index (χ0) is 11.7. The van der Waals surface area contributed by atoms with Crippen molar-refractivity contribution >= 4 is 11.6 Å². The van der Waals surface area contributed by atoms with Crippen molar-refractivity contribution in [3.63, 3.8) is 0 Å². The third kappa shape index (κ3) is 1.91. The highest BCUT2D eigenvalue weighted by Gasteiger charge is 2.16. The molecule has 1 heterocycles. The lowest BCUT2D eigenvalue weighted by Crippen LogP contribution is -2.04. The van der Waals surface area contributed by atoms with Crippen molar-refractivity contribution in [3.8, 4) is 16.9 Å². The van der Waals surface area contributed by atoms with Crippen LogP contribution in [-0.2, 0) is 6.42 Å². The molecule has 1 aliphatic heterocycles. The van der Waals surface area contributed by atoms with Gasteiger partial charge in [-0.15, -0.1) is 0 Å². The van der Waals surface area contributed by atoms with Gasteiger partial charge < -0.3 is 4.74 Å². The topological polar surface area (TPSA) is 9.23 Å². The fourth-order valence-electron chi connectivity index (χ4n) is 2.17. The fourth-order valence-corrected chi connectivity index (χ4v) is 2.41. The first-order valence-corrected chi connectivity index (χ1v) is 6.09. The maximum absolute atomic E-state index is 6.24. The maximum atomic E-state index is 6.24. The number of benzene rings is 2. The van der Waals surface area contributed by atoms with E-state index in [1.807, 2.05) is 30.9 Å². The fraction of sp³-hybridized carbons (Fsp3) is 0.133. The van der Waals surface area contributed by atoms with Crippen molar-refractivity contribution in [2.24, 2.45) is 0 Å². The van der Waals surface area contributed by atoms with Gasteiger partial charge >= 0.3 is 0 Å². The molecule has 0 spiro atoms. The summed E-state index contributed by atoms with van der Waals surface area (Å²) >= 11 is 6.24. The molecule has 85 valence electrons. The molecule has 0 bridgehead atoms. The van der Waals surface area contributed by atoms with E-state index in [9.17, 15) is 0 Å². The number of halogens is 1. The van der Waals surface area contributed by atoms with Crippen LogP contribution in [0.1, 0.15) is 12.0 Å². The summed E-state index contributed by atoms with van der Waals surface area (Å²) in [4.78, 5) is 0. The summed E-state index contributed by atoms with van der Waals surface area (Å²) in [7, 11) is 0. The second-order valence-corrected chi connectivity index (χ2v) is 4.50. The van der Waals surface area contributed by atoms with Crippen molar-refractivity contribution in [2.45, 2.75) is 12.8 Å². The van der Waals surface area contributed by atoms with Gasteiger partial charge in [-0.05, 0) is 24.5 Å². The molecule has 0 amide bonds. The lowest BCUT2D eigenvalue weighted by molar-refractivity contribution is 0.368. The van der Waals surface area contributed by atoms with Gasteiger partial charge in [-0.3, -0.25) is 0 Å². The Kier molecular flexibility index (Phi) is 2.77. The number of hydrogen-bond donors (Lipinski definition) is 0. The van der Waals surface area contributed by atoms with E-state index in [-0.39, 0.29) is 0 Å². The Morgan fingerprint density at radius 2 is 1.76 bits per heavy atom. The molecule has 2 aromatic rings. The van der Waals surface area contributed by atoms with Gasteiger partial charge in [-0.1, -0.05) is 48.0 Å². The van der Waals surface area contributed by atoms with Gasteiger partial charge in [0.25, 0.3) is 0 Å². The van der Waals surface area contributed by atoms with E-state index in [4.69, 9.17) is 16.3 Å². The van der Waals surface area contributed by atoms with Gasteiger partial charge in [0, 0.05) is 16.1 Å². The summed E-state index contributed by atoms with van der Waals surface area (Å²) in [5, 5.41) is 0.759. The Morgan fingerprint density at radius 1 is 0.941 bits per heavy atom. The zero-order valence-electron chi connectivity index (χ0n) is 9.32. The van der Waals surface area contributed by atoms with Crippen molar-refractivity contribution < 1.29 is 4.74 Å². The molecule has 0 saturated carbocycles. The molecule has 1 nitrogen and oxygen atoms in total. The summed E-state index contributed by atoms with van der Waals surface area (Å²) in [5.41, 5.74) is 3.36. The van der Waals surface area contributed by atoms with Gasteiger partial charge in [0.1, 0.15) is 12.4 Å². The van der Waals surface area contributed by atoms with Crippen molar-refractivity contribution in [1.29, 1.82) is 0 Å². The van der Waals surface area contributed by atoms with Crippen LogP contribution in [-0.4, -0.2) is 0 Å². The van der Waals surface area contributed by atoms with Crippen molar-refractivity contribution in [3.05, 3.63) is 59.7 Å². The Balaban J connectivity index is 2.18. The minimum atomic E-state index is 0.759. The lowest BCUT2D eigenvalue weighted by atomic mass is 9.98. The van der Waals surface area contributed by atoms with E-state index < -0.39 is 0 Å². The molecule has 17 heavy (non-hydrogen) atoms. The minimum Gasteiger partial charge on any atom is -0.486 e. The molecule has 0 aliphatic carbocycles. The molecule has 0 unspecified atom stereocenters. The third-order valence-electron chi connectivity index (χ3n) is 2.99. The zero-order valence-corrected chi connectivity index (χ0v) is 10.1. The maximum Gasteiger partial charge on any atom is 0.136 e. The second kappa shape index (κ2) is 4.42. The molecule has 1 aliphatic rings. The number of para-hydroxylation sites is 1. The van der Waals surface area contributed by atoms with E-state index in [0.29, 0.717) is 0 Å². The van der Waals surface area contributed by atoms with Crippen LogP contribution in [0.4, 0.5) is 0 Å². The van der Waals surface area contributed by atoms with Crippen molar-refractivity contribution in [1.82, 2.24) is 0 Å². The van der Waals surface area contributed by atoms with Gasteiger partial charge in [-0.25, -0.2) is 0 Å². The second-order valence-electron chi connectivity index (χ2n) is 4.10. The number of ether oxygens (including phenoxy) is 1. The Morgan fingerprint density at radius 3 is 2.65 bits per heavy atom. The number of hydrogen-bond acceptors (Lipinski definition) is 1. The van der Waals surface area contributed by atoms with E-state index in [0.717, 1.165) is 34.7 Å². The first-order chi connectivity index (χ1) is 8.36. The van der Waals surface area contributed by atoms with Gasteiger partial charge in [0.15, 0.2) is 0 Å². The summed E-state index contributed by atoms with van der Waals surface area (Å²) in [6, 6.07) is 14.1. The third-order valence-corrected chi connectivity index (χ3v) is 3.32. The molecule has 0 saturated heterocycles. The Hall–Kier alpha value is -1.47. The molecule has 2 aromatic carbocycles. The van der Waals surface area contributed by atoms with Crippen LogP contribution < -0.4 is 4.74 Å². The average Bonchev–Trinajstić information content (AvgIpc) is 2.39. The molecular weight excluding hydrogens is 232 g/mol.